The van der Waals surface area contributed by atoms with Crippen LogP contribution in [0.4, 0.5) is 4.39 Å². The zero-order valence-electron chi connectivity index (χ0n) is 17.7. The van der Waals surface area contributed by atoms with Gasteiger partial charge in [-0.25, -0.2) is 0 Å². The van der Waals surface area contributed by atoms with E-state index in [9.17, 15) is 24.5 Å². The highest BCUT2D eigenvalue weighted by molar-refractivity contribution is 7.99. The number of amides is 1. The lowest BCUT2D eigenvalue weighted by Gasteiger charge is -2.44. The Labute approximate surface area is 187 Å². The average molecular weight is 471 g/mol. The predicted octanol–water partition coefficient (Wildman–Crippen LogP) is 1.17. The summed E-state index contributed by atoms with van der Waals surface area (Å²) in [7, 11) is 0. The van der Waals surface area contributed by atoms with E-state index in [-0.39, 0.29) is 18.6 Å². The lowest BCUT2D eigenvalue weighted by molar-refractivity contribution is -0.205. The molecule has 5 N–H and O–H groups in total. The zero-order valence-corrected chi connectivity index (χ0v) is 19.2. The molecule has 0 aromatic rings. The number of hydrogen-bond donors (Lipinski definition) is 5. The van der Waals surface area contributed by atoms with Crippen LogP contribution in [0.15, 0.2) is 0 Å². The Morgan fingerprint density at radius 2 is 1.97 bits per heavy atom. The number of ether oxygens (including phenoxy) is 1. The largest absolute Gasteiger partial charge is 0.388 e. The molecule has 2 aliphatic rings. The third kappa shape index (κ3) is 6.92. The van der Waals surface area contributed by atoms with Crippen LogP contribution in [0.2, 0.25) is 0 Å². The van der Waals surface area contributed by atoms with Crippen LogP contribution in [0.1, 0.15) is 45.4 Å². The normalized spacial score (nSPS) is 37.2. The lowest BCUT2D eigenvalue weighted by Crippen LogP contribution is -2.65. The van der Waals surface area contributed by atoms with Gasteiger partial charge in [-0.3, -0.25) is 9.18 Å². The van der Waals surface area contributed by atoms with Gasteiger partial charge in [-0.15, -0.1) is 23.4 Å². The first-order chi connectivity index (χ1) is 14.3. The second kappa shape index (κ2) is 12.8. The third-order valence-corrected chi connectivity index (χ3v) is 7.24. The molecule has 9 atom stereocenters. The molecule has 2 rings (SSSR count). The maximum Gasteiger partial charge on any atom is 0.237 e. The third-order valence-electron chi connectivity index (χ3n) is 6.12. The fraction of sp³-hybridized carbons (Fsp3) is 0.950. The van der Waals surface area contributed by atoms with Crippen molar-refractivity contribution in [3.8, 4) is 0 Å². The number of thioether (sulfide) groups is 1. The molecule has 4 unspecified atom stereocenters. The smallest absolute Gasteiger partial charge is 0.237 e. The number of carbonyl (C=O) groups excluding carboxylic acids is 1. The molecular weight excluding hydrogens is 435 g/mol. The number of carbonyl (C=O) groups is 1. The van der Waals surface area contributed by atoms with E-state index in [0.29, 0.717) is 25.3 Å². The minimum Gasteiger partial charge on any atom is -0.388 e. The first-order valence-electron chi connectivity index (χ1n) is 10.8. The van der Waals surface area contributed by atoms with Crippen molar-refractivity contribution in [2.24, 2.45) is 5.92 Å². The SMILES string of the molecule is CS[C@H]1O[C@H](C(NC(=O)C2CCC(CCCCF)CCN2)C(C)Cl)[C@H](O)[C@H](O)[C@H]1O. The van der Waals surface area contributed by atoms with Crippen LogP contribution in [0.25, 0.3) is 0 Å². The molecule has 0 saturated carbocycles. The van der Waals surface area contributed by atoms with Crippen LogP contribution in [0, 0.1) is 5.92 Å². The van der Waals surface area contributed by atoms with Gasteiger partial charge in [-0.2, -0.15) is 0 Å². The van der Waals surface area contributed by atoms with Crippen molar-refractivity contribution in [3.63, 3.8) is 0 Å². The molecule has 2 heterocycles. The van der Waals surface area contributed by atoms with Crippen LogP contribution in [0.3, 0.4) is 0 Å². The molecule has 0 bridgehead atoms. The first kappa shape index (κ1) is 26.1. The summed E-state index contributed by atoms with van der Waals surface area (Å²) in [4.78, 5) is 12.9. The highest BCUT2D eigenvalue weighted by Crippen LogP contribution is 2.30. The molecule has 2 aliphatic heterocycles. The second-order valence-corrected chi connectivity index (χ2v) is 9.94. The van der Waals surface area contributed by atoms with E-state index in [0.717, 1.165) is 25.7 Å². The molecule has 0 radical (unpaired) electrons. The second-order valence-electron chi connectivity index (χ2n) is 8.31. The molecule has 10 heteroatoms. The summed E-state index contributed by atoms with van der Waals surface area (Å²) in [6.07, 6.45) is 1.72. The number of aliphatic hydroxyl groups excluding tert-OH is 3. The van der Waals surface area contributed by atoms with Gasteiger partial charge < -0.3 is 30.7 Å². The minimum absolute atomic E-state index is 0.228. The van der Waals surface area contributed by atoms with Gasteiger partial charge in [0, 0.05) is 0 Å². The molecule has 176 valence electrons. The minimum atomic E-state index is -1.39. The van der Waals surface area contributed by atoms with E-state index in [1.165, 1.54) is 11.8 Å². The van der Waals surface area contributed by atoms with Crippen LogP contribution in [-0.4, -0.2) is 88.0 Å². The molecular formula is C20H36ClFN2O5S. The van der Waals surface area contributed by atoms with E-state index in [4.69, 9.17) is 16.3 Å². The standard InChI is InChI=1S/C20H36ClFN2O5S/c1-11(21)14(18-16(26)15(25)17(27)20(29-18)30-2)24-19(28)13-7-6-12(8-10-23-13)5-3-4-9-22/h11-18,20,23,25-27H,3-10H2,1-2H3,(H,24,28)/t11?,12?,13?,14?,15-,16+,17+,18+,20+/m0/s1. The van der Waals surface area contributed by atoms with E-state index in [1.807, 2.05) is 0 Å². The summed E-state index contributed by atoms with van der Waals surface area (Å²) in [5.41, 5.74) is -0.732. The molecule has 2 fully saturated rings. The number of rotatable bonds is 9. The number of halogens is 2. The van der Waals surface area contributed by atoms with Crippen molar-refractivity contribution in [2.45, 2.75) is 92.8 Å². The topological polar surface area (TPSA) is 111 Å². The van der Waals surface area contributed by atoms with E-state index in [2.05, 4.69) is 10.6 Å². The number of hydrogen-bond acceptors (Lipinski definition) is 7. The van der Waals surface area contributed by atoms with Crippen molar-refractivity contribution in [1.29, 1.82) is 0 Å². The van der Waals surface area contributed by atoms with Crippen molar-refractivity contribution in [2.75, 3.05) is 19.5 Å². The lowest BCUT2D eigenvalue weighted by atomic mass is 9.92. The van der Waals surface area contributed by atoms with Gasteiger partial charge >= 0.3 is 0 Å². The summed E-state index contributed by atoms with van der Waals surface area (Å²) in [5.74, 6) is 0.251. The van der Waals surface area contributed by atoms with Gasteiger partial charge in [0.1, 0.15) is 29.9 Å². The van der Waals surface area contributed by atoms with E-state index in [1.54, 1.807) is 13.2 Å². The quantitative estimate of drug-likeness (QED) is 0.254. The maximum absolute atomic E-state index is 12.9. The number of alkyl halides is 2. The zero-order chi connectivity index (χ0) is 22.3. The predicted molar refractivity (Wildman–Crippen MR) is 116 cm³/mol. The van der Waals surface area contributed by atoms with Gasteiger partial charge in [0.25, 0.3) is 0 Å². The summed E-state index contributed by atoms with van der Waals surface area (Å²) in [6, 6.07) is -1.13. The van der Waals surface area contributed by atoms with Crippen molar-refractivity contribution >= 4 is 29.3 Å². The molecule has 0 aromatic heterocycles. The van der Waals surface area contributed by atoms with Gasteiger partial charge in [0.2, 0.25) is 5.91 Å². The Bertz CT molecular complexity index is 533. The molecule has 0 spiro atoms. The summed E-state index contributed by atoms with van der Waals surface area (Å²) < 4.78 is 18.1. The Morgan fingerprint density at radius 3 is 2.60 bits per heavy atom. The monoisotopic (exact) mass is 470 g/mol. The molecule has 0 aliphatic carbocycles. The van der Waals surface area contributed by atoms with Crippen LogP contribution >= 0.6 is 23.4 Å². The molecule has 2 saturated heterocycles. The van der Waals surface area contributed by atoms with Crippen LogP contribution in [-0.2, 0) is 9.53 Å². The van der Waals surface area contributed by atoms with Gasteiger partial charge in [-0.1, -0.05) is 12.8 Å². The Balaban J connectivity index is 1.98. The fourth-order valence-corrected chi connectivity index (χ4v) is 5.12. The Morgan fingerprint density at radius 1 is 1.23 bits per heavy atom. The van der Waals surface area contributed by atoms with Crippen LogP contribution in [0.5, 0.6) is 0 Å². The number of aliphatic hydroxyl groups is 3. The summed E-state index contributed by atoms with van der Waals surface area (Å²) in [5, 5.41) is 36.3. The van der Waals surface area contributed by atoms with Crippen LogP contribution < -0.4 is 10.6 Å². The molecule has 0 aromatic carbocycles. The number of nitrogens with one attached hydrogen (secondary N) is 2. The molecule has 7 nitrogen and oxygen atoms in total. The van der Waals surface area contributed by atoms with E-state index < -0.39 is 41.3 Å². The Hall–Kier alpha value is -0.160. The number of unbranched alkanes of at least 4 members (excludes halogenated alkanes) is 1. The maximum atomic E-state index is 12.9. The molecule has 1 amide bonds. The highest BCUT2D eigenvalue weighted by atomic mass is 35.5. The summed E-state index contributed by atoms with van der Waals surface area (Å²) >= 11 is 7.53. The van der Waals surface area contributed by atoms with Gasteiger partial charge in [0.05, 0.1) is 24.1 Å². The highest BCUT2D eigenvalue weighted by Gasteiger charge is 2.48. The summed E-state index contributed by atoms with van der Waals surface area (Å²) in [6.45, 7) is 2.11. The van der Waals surface area contributed by atoms with Crippen molar-refractivity contribution in [3.05, 3.63) is 0 Å². The van der Waals surface area contributed by atoms with Gasteiger partial charge in [-0.05, 0) is 51.3 Å². The molecule has 30 heavy (non-hydrogen) atoms. The van der Waals surface area contributed by atoms with Crippen molar-refractivity contribution < 1.29 is 29.2 Å². The Kier molecular flexibility index (Phi) is 11.1. The fourth-order valence-electron chi connectivity index (χ4n) is 4.24. The van der Waals surface area contributed by atoms with Crippen molar-refractivity contribution in [1.82, 2.24) is 10.6 Å². The van der Waals surface area contributed by atoms with E-state index >= 15 is 0 Å². The first-order valence-corrected chi connectivity index (χ1v) is 12.5. The van der Waals surface area contributed by atoms with Gasteiger partial charge in [0.15, 0.2) is 0 Å². The average Bonchev–Trinajstić information content (AvgIpc) is 2.97.